The maximum absolute atomic E-state index is 13.7. The predicted molar refractivity (Wildman–Crippen MR) is 155 cm³/mol. The SMILES string of the molecule is Cc1nc2c(ncn2C2OC(COP(=O)(NCc3ccccc3)OCCSC(=O)C(C)(C)CO)C(O)C2(C)O)c(=O)[nH]1. The predicted octanol–water partition coefficient (Wildman–Crippen LogP) is 1.65. The minimum absolute atomic E-state index is 0.0379. The molecule has 1 aromatic carbocycles. The third-order valence-corrected chi connectivity index (χ3v) is 9.55. The summed E-state index contributed by atoms with van der Waals surface area (Å²) in [5.41, 5.74) is -2.25. The Morgan fingerprint density at radius 3 is 2.71 bits per heavy atom. The van der Waals surface area contributed by atoms with Gasteiger partial charge in [-0.15, -0.1) is 0 Å². The molecule has 4 rings (SSSR count). The fraction of sp³-hybridized carbons (Fsp3) is 0.538. The van der Waals surface area contributed by atoms with Crippen molar-refractivity contribution < 1.29 is 38.5 Å². The molecule has 3 aromatic rings. The van der Waals surface area contributed by atoms with Gasteiger partial charge in [0.2, 0.25) is 0 Å². The smallest absolute Gasteiger partial charge is 0.395 e. The van der Waals surface area contributed by atoms with Gasteiger partial charge in [-0.25, -0.2) is 19.6 Å². The first-order chi connectivity index (χ1) is 19.8. The van der Waals surface area contributed by atoms with Crippen LogP contribution in [0.25, 0.3) is 11.2 Å². The summed E-state index contributed by atoms with van der Waals surface area (Å²) in [5.74, 6) is 0.482. The van der Waals surface area contributed by atoms with E-state index in [2.05, 4.69) is 20.0 Å². The van der Waals surface area contributed by atoms with Crippen LogP contribution < -0.4 is 10.6 Å². The lowest BCUT2D eigenvalue weighted by atomic mass is 9.96. The maximum atomic E-state index is 13.7. The minimum Gasteiger partial charge on any atom is -0.395 e. The number of fused-ring (bicyclic) bond motifs is 1. The van der Waals surface area contributed by atoms with Gasteiger partial charge in [0.05, 0.1) is 31.6 Å². The lowest BCUT2D eigenvalue weighted by Gasteiger charge is -2.27. The number of hydrogen-bond acceptors (Lipinski definition) is 12. The lowest BCUT2D eigenvalue weighted by Crippen LogP contribution is -2.44. The molecule has 42 heavy (non-hydrogen) atoms. The molecule has 1 aliphatic rings. The number of aromatic amines is 1. The van der Waals surface area contributed by atoms with Crippen LogP contribution in [0.15, 0.2) is 41.5 Å². The number of benzene rings is 1. The molecule has 1 saturated heterocycles. The van der Waals surface area contributed by atoms with Crippen molar-refractivity contribution in [1.29, 1.82) is 0 Å². The Morgan fingerprint density at radius 1 is 1.31 bits per heavy atom. The fourth-order valence-corrected chi connectivity index (χ4v) is 6.46. The Kier molecular flexibility index (Phi) is 10.1. The second kappa shape index (κ2) is 13.0. The number of hydrogen-bond donors (Lipinski definition) is 5. The Balaban J connectivity index is 1.46. The molecule has 5 atom stereocenters. The third kappa shape index (κ3) is 7.18. The fourth-order valence-electron chi connectivity index (χ4n) is 4.22. The number of nitrogens with zero attached hydrogens (tertiary/aromatic N) is 3. The van der Waals surface area contributed by atoms with E-state index in [0.717, 1.165) is 17.3 Å². The average molecular weight is 626 g/mol. The number of carbonyl (C=O) groups excluding carboxylic acids is 1. The molecule has 1 aliphatic heterocycles. The summed E-state index contributed by atoms with van der Waals surface area (Å²) < 4.78 is 32.3. The first-order valence-electron chi connectivity index (χ1n) is 13.2. The quantitative estimate of drug-likeness (QED) is 0.136. The summed E-state index contributed by atoms with van der Waals surface area (Å²) in [6, 6.07) is 9.14. The van der Waals surface area contributed by atoms with E-state index in [9.17, 15) is 29.5 Å². The standard InChI is InChI=1S/C26H36N5O9PS/c1-16-29-21-19(22(34)30-16)27-15-31(21)23-26(4,36)20(33)18(40-23)13-39-41(37,28-12-17-8-6-5-7-9-17)38-10-11-42-24(35)25(2,3)14-32/h5-9,15,18,20,23,32-33,36H,10-14H2,1-4H3,(H,28,37)(H,29,30,34). The van der Waals surface area contributed by atoms with Gasteiger partial charge in [0, 0.05) is 12.3 Å². The van der Waals surface area contributed by atoms with Crippen LogP contribution in [0.3, 0.4) is 0 Å². The molecule has 5 unspecified atom stereocenters. The molecule has 1 fully saturated rings. The number of thioether (sulfide) groups is 1. The molecule has 0 bridgehead atoms. The van der Waals surface area contributed by atoms with Gasteiger partial charge >= 0.3 is 7.75 Å². The number of H-pyrrole nitrogens is 1. The van der Waals surface area contributed by atoms with Gasteiger partial charge in [-0.05, 0) is 33.3 Å². The van der Waals surface area contributed by atoms with E-state index in [1.807, 2.05) is 30.3 Å². The second-order valence-corrected chi connectivity index (χ2v) is 13.7. The van der Waals surface area contributed by atoms with Gasteiger partial charge < -0.3 is 25.0 Å². The van der Waals surface area contributed by atoms with E-state index in [1.54, 1.807) is 20.8 Å². The van der Waals surface area contributed by atoms with Crippen LogP contribution in [-0.4, -0.2) is 83.3 Å². The summed E-state index contributed by atoms with van der Waals surface area (Å²) in [5, 5.41) is 34.1. The zero-order chi connectivity index (χ0) is 30.7. The van der Waals surface area contributed by atoms with E-state index in [0.29, 0.717) is 5.82 Å². The highest BCUT2D eigenvalue weighted by Crippen LogP contribution is 2.46. The number of ether oxygens (including phenoxy) is 1. The summed E-state index contributed by atoms with van der Waals surface area (Å²) in [6.45, 7) is 5.47. The van der Waals surface area contributed by atoms with Crippen LogP contribution in [-0.2, 0) is 29.7 Å². The maximum Gasteiger partial charge on any atom is 0.405 e. The summed E-state index contributed by atoms with van der Waals surface area (Å²) in [6.07, 6.45) is -2.55. The van der Waals surface area contributed by atoms with Crippen LogP contribution in [0.2, 0.25) is 0 Å². The number of aliphatic hydroxyl groups is 3. The molecule has 0 radical (unpaired) electrons. The third-order valence-electron chi connectivity index (χ3n) is 6.81. The minimum atomic E-state index is -4.02. The number of aryl methyl sites for hydroxylation is 1. The van der Waals surface area contributed by atoms with E-state index >= 15 is 0 Å². The monoisotopic (exact) mass is 625 g/mol. The summed E-state index contributed by atoms with van der Waals surface area (Å²) >= 11 is 0.943. The van der Waals surface area contributed by atoms with E-state index in [-0.39, 0.29) is 41.8 Å². The van der Waals surface area contributed by atoms with E-state index < -0.39 is 49.4 Å². The first-order valence-corrected chi connectivity index (χ1v) is 15.8. The molecule has 14 nitrogen and oxygen atoms in total. The molecular formula is C26H36N5O9PS. The number of aromatic nitrogens is 4. The van der Waals surface area contributed by atoms with Gasteiger partial charge in [-0.3, -0.25) is 23.2 Å². The normalized spacial score (nSPS) is 24.2. The van der Waals surface area contributed by atoms with Crippen molar-refractivity contribution in [2.75, 3.05) is 25.6 Å². The first kappa shape index (κ1) is 32.5. The van der Waals surface area contributed by atoms with Crippen LogP contribution >= 0.6 is 19.5 Å². The van der Waals surface area contributed by atoms with E-state index in [1.165, 1.54) is 17.8 Å². The number of rotatable bonds is 13. The molecule has 0 spiro atoms. The van der Waals surface area contributed by atoms with Crippen LogP contribution in [0.5, 0.6) is 0 Å². The number of carbonyl (C=O) groups is 1. The number of imidazole rings is 1. The van der Waals surface area contributed by atoms with Crippen LogP contribution in [0, 0.1) is 12.3 Å². The molecule has 16 heteroatoms. The Bertz CT molecular complexity index is 1500. The average Bonchev–Trinajstić information content (AvgIpc) is 3.47. The number of aliphatic hydroxyl groups excluding tert-OH is 2. The van der Waals surface area contributed by atoms with Crippen LogP contribution in [0.4, 0.5) is 0 Å². The zero-order valence-electron chi connectivity index (χ0n) is 23.7. The van der Waals surface area contributed by atoms with Gasteiger partial charge in [0.1, 0.15) is 23.6 Å². The van der Waals surface area contributed by atoms with Gasteiger partial charge in [0.25, 0.3) is 5.56 Å². The van der Waals surface area contributed by atoms with E-state index in [4.69, 9.17) is 13.8 Å². The Labute approximate surface area is 246 Å². The lowest BCUT2D eigenvalue weighted by molar-refractivity contribution is -0.119. The van der Waals surface area contributed by atoms with Crippen molar-refractivity contribution in [1.82, 2.24) is 24.6 Å². The molecular weight excluding hydrogens is 589 g/mol. The number of nitrogens with one attached hydrogen (secondary N) is 2. The second-order valence-electron chi connectivity index (χ2n) is 10.8. The van der Waals surface area contributed by atoms with Crippen molar-refractivity contribution in [3.8, 4) is 0 Å². The van der Waals surface area contributed by atoms with Crippen molar-refractivity contribution in [2.24, 2.45) is 5.41 Å². The highest BCUT2D eigenvalue weighted by Gasteiger charge is 2.54. The van der Waals surface area contributed by atoms with Gasteiger partial charge in [0.15, 0.2) is 22.5 Å². The van der Waals surface area contributed by atoms with Gasteiger partial charge in [-0.1, -0.05) is 42.1 Å². The van der Waals surface area contributed by atoms with Crippen molar-refractivity contribution in [2.45, 2.75) is 58.3 Å². The molecule has 0 aliphatic carbocycles. The molecule has 5 N–H and O–H groups in total. The van der Waals surface area contributed by atoms with Crippen molar-refractivity contribution in [3.05, 3.63) is 58.4 Å². The summed E-state index contributed by atoms with van der Waals surface area (Å²) in [7, 11) is -4.02. The highest BCUT2D eigenvalue weighted by molar-refractivity contribution is 8.13. The Hall–Kier alpha value is -2.46. The molecule has 3 heterocycles. The summed E-state index contributed by atoms with van der Waals surface area (Å²) in [4.78, 5) is 35.5. The van der Waals surface area contributed by atoms with Crippen molar-refractivity contribution >= 4 is 35.8 Å². The molecule has 2 aromatic heterocycles. The van der Waals surface area contributed by atoms with Crippen molar-refractivity contribution in [3.63, 3.8) is 0 Å². The molecule has 230 valence electrons. The molecule has 0 amide bonds. The largest absolute Gasteiger partial charge is 0.405 e. The van der Waals surface area contributed by atoms with Gasteiger partial charge in [-0.2, -0.15) is 0 Å². The topological polar surface area (TPSA) is 198 Å². The Morgan fingerprint density at radius 2 is 2.02 bits per heavy atom. The van der Waals surface area contributed by atoms with Crippen LogP contribution in [0.1, 0.15) is 38.4 Å². The molecule has 0 saturated carbocycles. The highest BCUT2D eigenvalue weighted by atomic mass is 32.2. The zero-order valence-corrected chi connectivity index (χ0v) is 25.4.